The minimum Gasteiger partial charge on any atom is -0.420 e. The van der Waals surface area contributed by atoms with Crippen molar-refractivity contribution in [2.45, 2.75) is 47.5 Å². The van der Waals surface area contributed by atoms with Gasteiger partial charge < -0.3 is 9.32 Å². The van der Waals surface area contributed by atoms with Gasteiger partial charge in [0.25, 0.3) is 11.8 Å². The number of carbonyl (C=O) groups excluding carboxylic acids is 1. The number of benzene rings is 1. The van der Waals surface area contributed by atoms with Gasteiger partial charge in [-0.25, -0.2) is 4.68 Å². The molecule has 0 spiro atoms. The van der Waals surface area contributed by atoms with Crippen LogP contribution >= 0.6 is 0 Å². The van der Waals surface area contributed by atoms with E-state index in [-0.39, 0.29) is 5.91 Å². The standard InChI is InChI=1S/C24H31N5O2/c1-15(2)9-21-12-22(23-26-25-18(5)31-23)27-29(21)20-8-6-7-19(11-20)24(30)28-13-16(3)10-17(4)14-28/h6-8,11-12,15-17H,9-10,13-14H2,1-5H3/t16-,17-/m1/s1. The van der Waals surface area contributed by atoms with E-state index in [1.807, 2.05) is 39.9 Å². The van der Waals surface area contributed by atoms with E-state index in [1.54, 1.807) is 6.92 Å². The summed E-state index contributed by atoms with van der Waals surface area (Å²) in [5.74, 6) is 2.51. The highest BCUT2D eigenvalue weighted by Gasteiger charge is 2.26. The topological polar surface area (TPSA) is 77.1 Å². The maximum atomic E-state index is 13.2. The molecule has 4 rings (SSSR count). The minimum absolute atomic E-state index is 0.0885. The van der Waals surface area contributed by atoms with E-state index >= 15 is 0 Å². The summed E-state index contributed by atoms with van der Waals surface area (Å²) >= 11 is 0. The first-order chi connectivity index (χ1) is 14.8. The van der Waals surface area contributed by atoms with Gasteiger partial charge in [0.05, 0.1) is 5.69 Å². The number of hydrogen-bond donors (Lipinski definition) is 0. The van der Waals surface area contributed by atoms with E-state index in [2.05, 4.69) is 37.9 Å². The van der Waals surface area contributed by atoms with E-state index in [1.165, 1.54) is 6.42 Å². The van der Waals surface area contributed by atoms with Gasteiger partial charge in [-0.15, -0.1) is 10.2 Å². The fraction of sp³-hybridized carbons (Fsp3) is 0.500. The van der Waals surface area contributed by atoms with Gasteiger partial charge in [-0.2, -0.15) is 5.10 Å². The number of likely N-dealkylation sites (tertiary alicyclic amines) is 1. The van der Waals surface area contributed by atoms with Crippen LogP contribution in [0.1, 0.15) is 56.1 Å². The van der Waals surface area contributed by atoms with Crippen molar-refractivity contribution in [2.75, 3.05) is 13.1 Å². The van der Waals surface area contributed by atoms with Crippen molar-refractivity contribution in [3.63, 3.8) is 0 Å². The maximum Gasteiger partial charge on any atom is 0.268 e. The molecule has 7 nitrogen and oxygen atoms in total. The molecular formula is C24H31N5O2. The van der Waals surface area contributed by atoms with Crippen LogP contribution in [0, 0.1) is 24.7 Å². The maximum absolute atomic E-state index is 13.2. The molecule has 1 amide bonds. The molecule has 1 aliphatic rings. The van der Waals surface area contributed by atoms with Crippen molar-refractivity contribution >= 4 is 5.91 Å². The van der Waals surface area contributed by atoms with Crippen LogP contribution in [0.4, 0.5) is 0 Å². The summed E-state index contributed by atoms with van der Waals surface area (Å²) in [5.41, 5.74) is 3.25. The highest BCUT2D eigenvalue weighted by atomic mass is 16.4. The molecule has 3 heterocycles. The molecule has 0 bridgehead atoms. The Kier molecular flexibility index (Phi) is 5.94. The third kappa shape index (κ3) is 4.70. The molecule has 1 aliphatic heterocycles. The van der Waals surface area contributed by atoms with Crippen LogP contribution in [0.25, 0.3) is 17.3 Å². The van der Waals surface area contributed by atoms with Gasteiger partial charge >= 0.3 is 0 Å². The predicted molar refractivity (Wildman–Crippen MR) is 119 cm³/mol. The highest BCUT2D eigenvalue weighted by Crippen LogP contribution is 2.25. The van der Waals surface area contributed by atoms with Gasteiger partial charge in [0.15, 0.2) is 0 Å². The first-order valence-electron chi connectivity index (χ1n) is 11.1. The fourth-order valence-corrected chi connectivity index (χ4v) is 4.49. The highest BCUT2D eigenvalue weighted by molar-refractivity contribution is 5.94. The van der Waals surface area contributed by atoms with Gasteiger partial charge in [-0.1, -0.05) is 33.8 Å². The Morgan fingerprint density at radius 3 is 2.55 bits per heavy atom. The van der Waals surface area contributed by atoms with Gasteiger partial charge in [0.2, 0.25) is 5.89 Å². The lowest BCUT2D eigenvalue weighted by molar-refractivity contribution is 0.0623. The second kappa shape index (κ2) is 8.65. The summed E-state index contributed by atoms with van der Waals surface area (Å²) in [6, 6.07) is 9.74. The number of hydrogen-bond acceptors (Lipinski definition) is 5. The summed E-state index contributed by atoms with van der Waals surface area (Å²) in [6.07, 6.45) is 2.02. The number of amides is 1. The SMILES string of the molecule is Cc1nnc(-c2cc(CC(C)C)n(-c3cccc(C(=O)N4C[C@H](C)C[C@@H](C)C4)c3)n2)o1. The van der Waals surface area contributed by atoms with Crippen molar-refractivity contribution in [2.24, 2.45) is 17.8 Å². The average Bonchev–Trinajstić information content (AvgIpc) is 3.32. The first-order valence-corrected chi connectivity index (χ1v) is 11.1. The summed E-state index contributed by atoms with van der Waals surface area (Å²) in [5, 5.41) is 12.8. The largest absolute Gasteiger partial charge is 0.420 e. The Labute approximate surface area is 183 Å². The summed E-state index contributed by atoms with van der Waals surface area (Å²) < 4.78 is 7.48. The Balaban J connectivity index is 1.68. The molecule has 1 fully saturated rings. The van der Waals surface area contributed by atoms with E-state index in [0.29, 0.717) is 40.8 Å². The number of aromatic nitrogens is 4. The molecule has 3 aromatic rings. The van der Waals surface area contributed by atoms with Crippen molar-refractivity contribution in [3.05, 3.63) is 47.5 Å². The fourth-order valence-electron chi connectivity index (χ4n) is 4.49. The molecule has 0 saturated carbocycles. The van der Waals surface area contributed by atoms with Gasteiger partial charge in [0, 0.05) is 31.3 Å². The monoisotopic (exact) mass is 421 g/mol. The predicted octanol–water partition coefficient (Wildman–Crippen LogP) is 4.55. The van der Waals surface area contributed by atoms with Crippen LogP contribution in [0.15, 0.2) is 34.7 Å². The second-order valence-corrected chi connectivity index (χ2v) is 9.36. The lowest BCUT2D eigenvalue weighted by atomic mass is 9.91. The third-order valence-corrected chi connectivity index (χ3v) is 5.64. The van der Waals surface area contributed by atoms with Gasteiger partial charge in [-0.05, 0) is 54.9 Å². The molecule has 0 unspecified atom stereocenters. The van der Waals surface area contributed by atoms with Crippen molar-refractivity contribution in [1.29, 1.82) is 0 Å². The molecule has 0 aliphatic carbocycles. The molecular weight excluding hydrogens is 390 g/mol. The number of carbonyl (C=O) groups is 1. The second-order valence-electron chi connectivity index (χ2n) is 9.36. The quantitative estimate of drug-likeness (QED) is 0.604. The summed E-state index contributed by atoms with van der Waals surface area (Å²) in [4.78, 5) is 15.2. The average molecular weight is 422 g/mol. The Morgan fingerprint density at radius 2 is 1.90 bits per heavy atom. The number of piperidine rings is 1. The van der Waals surface area contributed by atoms with Crippen LogP contribution in [0.5, 0.6) is 0 Å². The lowest BCUT2D eigenvalue weighted by Gasteiger charge is -2.35. The van der Waals surface area contributed by atoms with E-state index in [4.69, 9.17) is 9.52 Å². The molecule has 2 atom stereocenters. The molecule has 7 heteroatoms. The van der Waals surface area contributed by atoms with Crippen LogP contribution in [-0.4, -0.2) is 43.9 Å². The lowest BCUT2D eigenvalue weighted by Crippen LogP contribution is -2.42. The molecule has 2 aromatic heterocycles. The first kappa shape index (κ1) is 21.3. The third-order valence-electron chi connectivity index (χ3n) is 5.64. The van der Waals surface area contributed by atoms with E-state index in [0.717, 1.165) is 30.9 Å². The summed E-state index contributed by atoms with van der Waals surface area (Å²) in [6.45, 7) is 12.2. The smallest absolute Gasteiger partial charge is 0.268 e. The number of aryl methyl sites for hydroxylation is 1. The zero-order valence-electron chi connectivity index (χ0n) is 19.0. The normalized spacial score (nSPS) is 19.2. The zero-order valence-corrected chi connectivity index (χ0v) is 19.0. The van der Waals surface area contributed by atoms with E-state index in [9.17, 15) is 4.79 Å². The Morgan fingerprint density at radius 1 is 1.16 bits per heavy atom. The minimum atomic E-state index is 0.0885. The van der Waals surface area contributed by atoms with Crippen molar-refractivity contribution in [3.8, 4) is 17.3 Å². The molecule has 164 valence electrons. The Hall–Kier alpha value is -2.96. The number of rotatable bonds is 5. The Bertz CT molecular complexity index is 1060. The number of nitrogens with zero attached hydrogens (tertiary/aromatic N) is 5. The van der Waals surface area contributed by atoms with Crippen molar-refractivity contribution < 1.29 is 9.21 Å². The van der Waals surface area contributed by atoms with Gasteiger partial charge in [0.1, 0.15) is 5.69 Å². The molecule has 31 heavy (non-hydrogen) atoms. The van der Waals surface area contributed by atoms with E-state index < -0.39 is 0 Å². The van der Waals surface area contributed by atoms with Crippen LogP contribution in [0.3, 0.4) is 0 Å². The van der Waals surface area contributed by atoms with Gasteiger partial charge in [-0.3, -0.25) is 4.79 Å². The molecule has 0 radical (unpaired) electrons. The summed E-state index contributed by atoms with van der Waals surface area (Å²) in [7, 11) is 0. The molecule has 1 aromatic carbocycles. The van der Waals surface area contributed by atoms with Crippen LogP contribution in [-0.2, 0) is 6.42 Å². The zero-order chi connectivity index (χ0) is 22.1. The van der Waals surface area contributed by atoms with Crippen LogP contribution < -0.4 is 0 Å². The molecule has 0 N–H and O–H groups in total. The molecule has 1 saturated heterocycles. The van der Waals surface area contributed by atoms with Crippen LogP contribution in [0.2, 0.25) is 0 Å². The van der Waals surface area contributed by atoms with Crippen molar-refractivity contribution in [1.82, 2.24) is 24.9 Å².